The third-order valence-corrected chi connectivity index (χ3v) is 7.01. The Hall–Kier alpha value is -3.86. The molecule has 4 aromatic rings. The molecule has 5 heteroatoms. The first kappa shape index (κ1) is 30.1. The van der Waals surface area contributed by atoms with Crippen LogP contribution in [0.3, 0.4) is 0 Å². The van der Waals surface area contributed by atoms with Crippen molar-refractivity contribution < 1.29 is 18.9 Å². The predicted octanol–water partition coefficient (Wildman–Crippen LogP) is 6.21. The summed E-state index contributed by atoms with van der Waals surface area (Å²) >= 11 is 0. The van der Waals surface area contributed by atoms with Gasteiger partial charge in [0.25, 0.3) is 0 Å². The van der Waals surface area contributed by atoms with Gasteiger partial charge in [0.15, 0.2) is 0 Å². The molecule has 0 aromatic heterocycles. The van der Waals surface area contributed by atoms with Crippen LogP contribution in [0.5, 0.6) is 23.0 Å². The second-order valence-corrected chi connectivity index (χ2v) is 11.8. The van der Waals surface area contributed by atoms with Gasteiger partial charge in [-0.1, -0.05) is 48.5 Å². The smallest absolute Gasteiger partial charge is 0.119 e. The summed E-state index contributed by atoms with van der Waals surface area (Å²) in [5.74, 6) is 3.43. The summed E-state index contributed by atoms with van der Waals surface area (Å²) in [6.45, 7) is 16.4. The first-order chi connectivity index (χ1) is 19.6. The van der Waals surface area contributed by atoms with E-state index < -0.39 is 6.15 Å². The van der Waals surface area contributed by atoms with Crippen molar-refractivity contribution in [1.82, 2.24) is 0 Å². The number of hydrogen-bond acceptors (Lipinski definition) is 4. The van der Waals surface area contributed by atoms with E-state index in [0.717, 1.165) is 23.0 Å². The summed E-state index contributed by atoms with van der Waals surface area (Å²) in [7, 11) is 0. The number of hydrogen-bond donors (Lipinski definition) is 0. The molecule has 0 heterocycles. The normalized spacial score (nSPS) is 11.8. The van der Waals surface area contributed by atoms with E-state index in [-0.39, 0.29) is 24.4 Å². The minimum Gasteiger partial charge on any atom is -0.491 e. The molecule has 0 atom stereocenters. The molecule has 0 spiro atoms. The fourth-order valence-corrected chi connectivity index (χ4v) is 5.58. The van der Waals surface area contributed by atoms with Crippen LogP contribution in [0.4, 0.5) is 0 Å². The molecule has 0 saturated heterocycles. The van der Waals surface area contributed by atoms with Gasteiger partial charge < -0.3 is 18.9 Å². The van der Waals surface area contributed by atoms with Crippen LogP contribution in [-0.4, -0.2) is 30.6 Å². The number of ether oxygens (including phenoxy) is 4. The first-order valence-corrected chi connectivity index (χ1v) is 14.8. The Labute approximate surface area is 246 Å². The molecule has 0 N–H and O–H groups in total. The summed E-state index contributed by atoms with van der Waals surface area (Å²) in [6, 6.07) is 34.2. The molecule has 0 unspecified atom stereocenters. The first-order valence-electron chi connectivity index (χ1n) is 14.8. The maximum absolute atomic E-state index is 6.01. The minimum absolute atomic E-state index is 0.103. The quantitative estimate of drug-likeness (QED) is 0.196. The van der Waals surface area contributed by atoms with E-state index in [2.05, 4.69) is 97.1 Å². The average Bonchev–Trinajstić information content (AvgIpc) is 2.91. The van der Waals surface area contributed by atoms with E-state index in [9.17, 15) is 0 Å². The summed E-state index contributed by atoms with van der Waals surface area (Å²) < 4.78 is 24.1. The van der Waals surface area contributed by atoms with E-state index in [1.165, 1.54) is 21.9 Å². The Bertz CT molecular complexity index is 1140. The van der Waals surface area contributed by atoms with E-state index in [1.54, 1.807) is 0 Å². The monoisotopic (exact) mass is 551 g/mol. The second kappa shape index (κ2) is 13.2. The van der Waals surface area contributed by atoms with Crippen molar-refractivity contribution in [2.24, 2.45) is 0 Å². The fraction of sp³-hybridized carbons (Fsp3) is 0.333. The molecule has 4 aromatic carbocycles. The van der Waals surface area contributed by atoms with Gasteiger partial charge in [-0.05, 0) is 104 Å². The van der Waals surface area contributed by atoms with Gasteiger partial charge in [0, 0.05) is 0 Å². The topological polar surface area (TPSA) is 36.9 Å². The van der Waals surface area contributed by atoms with E-state index >= 15 is 0 Å². The van der Waals surface area contributed by atoms with Crippen LogP contribution in [0, 0.1) is 0 Å². The zero-order valence-electron chi connectivity index (χ0n) is 25.8. The van der Waals surface area contributed by atoms with Crippen LogP contribution in [-0.2, 0) is 0 Å². The van der Waals surface area contributed by atoms with Crippen molar-refractivity contribution in [1.29, 1.82) is 0 Å². The second-order valence-electron chi connectivity index (χ2n) is 11.8. The van der Waals surface area contributed by atoms with E-state index in [0.29, 0.717) is 0 Å². The lowest BCUT2D eigenvalue weighted by atomic mass is 9.13. The molecule has 0 aliphatic heterocycles. The fourth-order valence-electron chi connectivity index (χ4n) is 5.58. The van der Waals surface area contributed by atoms with Crippen LogP contribution in [0.1, 0.15) is 55.4 Å². The average molecular weight is 552 g/mol. The minimum atomic E-state index is -1.59. The SMILES string of the molecule is CC(C)Oc1ccc([B-](c2ccc(OC(C)C)cc2)(c2ccc(OC(C)C)cc2)c2ccc(OC(C)C)cc2)cc1. The Balaban J connectivity index is 1.96. The molecule has 4 rings (SSSR count). The van der Waals surface area contributed by atoms with Gasteiger partial charge >= 0.3 is 0 Å². The largest absolute Gasteiger partial charge is 0.491 e. The molecule has 0 amide bonds. The van der Waals surface area contributed by atoms with E-state index in [1.807, 2.05) is 55.4 Å². The molecular formula is C36H44BO4-. The lowest BCUT2D eigenvalue weighted by molar-refractivity contribution is 0.242. The lowest BCUT2D eigenvalue weighted by Crippen LogP contribution is -2.74. The van der Waals surface area contributed by atoms with Gasteiger partial charge in [0.2, 0.25) is 0 Å². The highest BCUT2D eigenvalue weighted by molar-refractivity contribution is 7.19. The third-order valence-electron chi connectivity index (χ3n) is 7.01. The van der Waals surface area contributed by atoms with E-state index in [4.69, 9.17) is 18.9 Å². The number of rotatable bonds is 12. The summed E-state index contributed by atoms with van der Waals surface area (Å²) in [5, 5.41) is 0. The van der Waals surface area contributed by atoms with Crippen LogP contribution < -0.4 is 40.8 Å². The molecule has 0 aliphatic carbocycles. The Morgan fingerprint density at radius 2 is 0.488 bits per heavy atom. The third kappa shape index (κ3) is 7.27. The van der Waals surface area contributed by atoms with Gasteiger partial charge in [-0.15, -0.1) is 0 Å². The molecular weight excluding hydrogens is 507 g/mol. The van der Waals surface area contributed by atoms with Crippen LogP contribution in [0.2, 0.25) is 0 Å². The van der Waals surface area contributed by atoms with Gasteiger partial charge in [-0.2, -0.15) is 21.9 Å². The van der Waals surface area contributed by atoms with Gasteiger partial charge in [0.1, 0.15) is 29.1 Å². The predicted molar refractivity (Wildman–Crippen MR) is 173 cm³/mol. The number of benzene rings is 4. The highest BCUT2D eigenvalue weighted by Gasteiger charge is 2.32. The molecule has 41 heavy (non-hydrogen) atoms. The van der Waals surface area contributed by atoms with Crippen molar-refractivity contribution in [3.8, 4) is 23.0 Å². The molecule has 216 valence electrons. The highest BCUT2D eigenvalue weighted by Crippen LogP contribution is 2.20. The molecule has 4 nitrogen and oxygen atoms in total. The molecule has 0 saturated carbocycles. The van der Waals surface area contributed by atoms with Gasteiger partial charge in [0.05, 0.1) is 24.4 Å². The van der Waals surface area contributed by atoms with Crippen molar-refractivity contribution in [3.63, 3.8) is 0 Å². The van der Waals surface area contributed by atoms with Crippen LogP contribution in [0.25, 0.3) is 0 Å². The Kier molecular flexibility index (Phi) is 9.70. The Morgan fingerprint density at radius 1 is 0.317 bits per heavy atom. The lowest BCUT2D eigenvalue weighted by Gasteiger charge is -2.44. The van der Waals surface area contributed by atoms with Crippen molar-refractivity contribution in [3.05, 3.63) is 97.1 Å². The van der Waals surface area contributed by atoms with Crippen molar-refractivity contribution >= 4 is 28.0 Å². The summed E-state index contributed by atoms with van der Waals surface area (Å²) in [5.41, 5.74) is 4.75. The standard InChI is InChI=1S/C36H44BO4/c1-25(2)38-33-17-9-29(10-18-33)37(30-11-19-34(20-12-30)39-26(3)4,31-13-21-35(22-14-31)40-27(5)6)32-15-23-36(24-16-32)41-28(7)8/h9-28H,1-8H3/q-1. The Morgan fingerprint density at radius 3 is 0.634 bits per heavy atom. The zero-order valence-corrected chi connectivity index (χ0v) is 25.8. The zero-order chi connectivity index (χ0) is 29.6. The molecule has 0 radical (unpaired) electrons. The van der Waals surface area contributed by atoms with Gasteiger partial charge in [-0.25, -0.2) is 0 Å². The molecule has 0 bridgehead atoms. The van der Waals surface area contributed by atoms with Gasteiger partial charge in [-0.3, -0.25) is 0 Å². The summed E-state index contributed by atoms with van der Waals surface area (Å²) in [6.07, 6.45) is -1.18. The molecule has 0 aliphatic rings. The highest BCUT2D eigenvalue weighted by atomic mass is 16.5. The maximum atomic E-state index is 6.01. The maximum Gasteiger partial charge on any atom is 0.119 e. The van der Waals surface area contributed by atoms with Crippen LogP contribution in [0.15, 0.2) is 97.1 Å². The molecule has 0 fully saturated rings. The van der Waals surface area contributed by atoms with Crippen LogP contribution >= 0.6 is 0 Å². The van der Waals surface area contributed by atoms with Crippen molar-refractivity contribution in [2.45, 2.75) is 79.8 Å². The van der Waals surface area contributed by atoms with Crippen molar-refractivity contribution in [2.75, 3.05) is 0 Å². The summed E-state index contributed by atoms with van der Waals surface area (Å²) in [4.78, 5) is 0.